The number of pyridine rings is 2. The lowest BCUT2D eigenvalue weighted by Crippen LogP contribution is -2.14. The summed E-state index contributed by atoms with van der Waals surface area (Å²) in [5.41, 5.74) is 19.1. The summed E-state index contributed by atoms with van der Waals surface area (Å²) < 4.78 is 0. The summed E-state index contributed by atoms with van der Waals surface area (Å²) in [5, 5.41) is 0. The van der Waals surface area contributed by atoms with Crippen LogP contribution < -0.4 is 11.5 Å². The minimum absolute atomic E-state index is 0.384. The Morgan fingerprint density at radius 1 is 0.543 bits per heavy atom. The molecule has 0 atom stereocenters. The molecule has 0 bridgehead atoms. The van der Waals surface area contributed by atoms with E-state index in [9.17, 15) is 0 Å². The van der Waals surface area contributed by atoms with Crippen molar-refractivity contribution in [3.63, 3.8) is 0 Å². The number of hydrogen-bond donors (Lipinski definition) is 3. The first-order chi connectivity index (χ1) is 17.2. The van der Waals surface area contributed by atoms with Crippen molar-refractivity contribution in [2.75, 3.05) is 0 Å². The van der Waals surface area contributed by atoms with E-state index in [1.54, 1.807) is 12.4 Å². The van der Waals surface area contributed by atoms with Gasteiger partial charge in [-0.3, -0.25) is 9.97 Å². The number of nitrogens with zero attached hydrogens (tertiary/aromatic N) is 4. The molecule has 5 N–H and O–H groups in total. The average molecular weight is 458 g/mol. The molecule has 0 saturated heterocycles. The van der Waals surface area contributed by atoms with Gasteiger partial charge in [-0.15, -0.1) is 0 Å². The fraction of sp³-hybridized carbons (Fsp3) is 0. The molecule has 0 amide bonds. The molecule has 0 unspecified atom stereocenters. The summed E-state index contributed by atoms with van der Waals surface area (Å²) in [5.74, 6) is 0.769. The molecule has 7 heteroatoms. The van der Waals surface area contributed by atoms with Crippen LogP contribution in [-0.4, -0.2) is 26.6 Å². The summed E-state index contributed by atoms with van der Waals surface area (Å²) in [4.78, 5) is 20.9. The Labute approximate surface area is 203 Å². The molecular formula is C28H23N7. The lowest BCUT2D eigenvalue weighted by Gasteiger charge is -2.03. The van der Waals surface area contributed by atoms with Gasteiger partial charge in [-0.1, -0.05) is 36.4 Å². The van der Waals surface area contributed by atoms with Crippen LogP contribution in [0.15, 0.2) is 119 Å². The number of amidine groups is 2. The van der Waals surface area contributed by atoms with Crippen LogP contribution in [0, 0.1) is 0 Å². The molecule has 5 aromatic rings. The van der Waals surface area contributed by atoms with Crippen molar-refractivity contribution in [1.82, 2.24) is 15.0 Å². The fourth-order valence-electron chi connectivity index (χ4n) is 3.58. The van der Waals surface area contributed by atoms with Crippen molar-refractivity contribution in [3.8, 4) is 22.5 Å². The lowest BCUT2D eigenvalue weighted by atomic mass is 10.1. The van der Waals surface area contributed by atoms with Gasteiger partial charge in [-0.2, -0.15) is 0 Å². The van der Waals surface area contributed by atoms with Crippen LogP contribution in [-0.2, 0) is 0 Å². The van der Waals surface area contributed by atoms with E-state index in [1.165, 1.54) is 0 Å². The molecule has 7 nitrogen and oxygen atoms in total. The normalized spacial score (nSPS) is 12.0. The molecule has 0 fully saturated rings. The lowest BCUT2D eigenvalue weighted by molar-refractivity contribution is 1.27. The Kier molecular flexibility index (Phi) is 6.13. The van der Waals surface area contributed by atoms with Crippen LogP contribution in [0.2, 0.25) is 0 Å². The van der Waals surface area contributed by atoms with Gasteiger partial charge in [-0.25, -0.2) is 9.98 Å². The zero-order chi connectivity index (χ0) is 24.0. The standard InChI is InChI=1S/C28H23N7/c29-27(25-5-1-3-17-31-25)33-21-11-7-19(8-12-21)23-15-16-24(35-23)20-9-13-22(14-10-20)34-28(30)26-6-2-4-18-32-26/h1-18,35H,(H2,29,33)(H2,30,34). The molecule has 5 rings (SSSR count). The van der Waals surface area contributed by atoms with Crippen LogP contribution in [0.3, 0.4) is 0 Å². The third-order valence-corrected chi connectivity index (χ3v) is 5.40. The Morgan fingerprint density at radius 3 is 1.34 bits per heavy atom. The zero-order valence-corrected chi connectivity index (χ0v) is 18.8. The SMILES string of the molecule is NC(=Nc1ccc(-c2ccc(-c3ccc(N=C(N)c4ccccn4)cc3)[nH]2)cc1)c1ccccn1. The van der Waals surface area contributed by atoms with E-state index in [2.05, 4.69) is 37.1 Å². The molecular weight excluding hydrogens is 434 g/mol. The molecule has 0 aliphatic carbocycles. The smallest absolute Gasteiger partial charge is 0.150 e. The van der Waals surface area contributed by atoms with Crippen LogP contribution in [0.4, 0.5) is 11.4 Å². The Bertz CT molecular complexity index is 1350. The van der Waals surface area contributed by atoms with E-state index in [-0.39, 0.29) is 0 Å². The number of H-pyrrole nitrogens is 1. The number of hydrogen-bond acceptors (Lipinski definition) is 4. The second-order valence-electron chi connectivity index (χ2n) is 7.80. The summed E-state index contributed by atoms with van der Waals surface area (Å²) >= 11 is 0. The zero-order valence-electron chi connectivity index (χ0n) is 18.8. The highest BCUT2D eigenvalue weighted by molar-refractivity contribution is 5.97. The number of nitrogens with two attached hydrogens (primary N) is 2. The highest BCUT2D eigenvalue weighted by Crippen LogP contribution is 2.27. The van der Waals surface area contributed by atoms with Crippen molar-refractivity contribution in [3.05, 3.63) is 121 Å². The molecule has 170 valence electrons. The molecule has 3 heterocycles. The average Bonchev–Trinajstić information content (AvgIpc) is 3.41. The summed E-state index contributed by atoms with van der Waals surface area (Å²) in [6, 6.07) is 31.0. The van der Waals surface area contributed by atoms with Crippen LogP contribution >= 0.6 is 0 Å². The number of aromatic nitrogens is 3. The first kappa shape index (κ1) is 21.8. The van der Waals surface area contributed by atoms with E-state index in [0.29, 0.717) is 23.1 Å². The fourth-order valence-corrected chi connectivity index (χ4v) is 3.58. The van der Waals surface area contributed by atoms with Gasteiger partial charge in [0.1, 0.15) is 23.1 Å². The maximum atomic E-state index is 6.07. The molecule has 0 aliphatic heterocycles. The predicted octanol–water partition coefficient (Wildman–Crippen LogP) is 5.21. The Balaban J connectivity index is 1.30. The van der Waals surface area contributed by atoms with E-state index in [0.717, 1.165) is 33.9 Å². The minimum atomic E-state index is 0.384. The maximum absolute atomic E-state index is 6.07. The van der Waals surface area contributed by atoms with Gasteiger partial charge in [0, 0.05) is 23.8 Å². The second-order valence-corrected chi connectivity index (χ2v) is 7.80. The molecule has 0 aliphatic rings. The Morgan fingerprint density at radius 2 is 0.971 bits per heavy atom. The predicted molar refractivity (Wildman–Crippen MR) is 141 cm³/mol. The summed E-state index contributed by atoms with van der Waals surface area (Å²) in [7, 11) is 0. The third kappa shape index (κ3) is 5.15. The molecule has 35 heavy (non-hydrogen) atoms. The van der Waals surface area contributed by atoms with Crippen molar-refractivity contribution in [1.29, 1.82) is 0 Å². The molecule has 0 saturated carbocycles. The van der Waals surface area contributed by atoms with Crippen LogP contribution in [0.25, 0.3) is 22.5 Å². The van der Waals surface area contributed by atoms with Crippen molar-refractivity contribution in [2.24, 2.45) is 21.5 Å². The molecule has 2 aromatic carbocycles. The van der Waals surface area contributed by atoms with Crippen molar-refractivity contribution >= 4 is 23.0 Å². The molecule has 0 radical (unpaired) electrons. The number of nitrogens with one attached hydrogen (secondary N) is 1. The quantitative estimate of drug-likeness (QED) is 0.239. The van der Waals surface area contributed by atoms with E-state index < -0.39 is 0 Å². The second kappa shape index (κ2) is 9.84. The summed E-state index contributed by atoms with van der Waals surface area (Å²) in [6.07, 6.45) is 3.39. The van der Waals surface area contributed by atoms with Gasteiger partial charge >= 0.3 is 0 Å². The number of benzene rings is 2. The highest BCUT2D eigenvalue weighted by Gasteiger charge is 2.06. The van der Waals surface area contributed by atoms with Gasteiger partial charge in [0.15, 0.2) is 0 Å². The highest BCUT2D eigenvalue weighted by atomic mass is 14.9. The largest absolute Gasteiger partial charge is 0.382 e. The first-order valence-electron chi connectivity index (χ1n) is 11.1. The van der Waals surface area contributed by atoms with E-state index in [4.69, 9.17) is 11.5 Å². The van der Waals surface area contributed by atoms with Crippen molar-refractivity contribution in [2.45, 2.75) is 0 Å². The van der Waals surface area contributed by atoms with Gasteiger partial charge in [0.25, 0.3) is 0 Å². The van der Waals surface area contributed by atoms with Crippen LogP contribution in [0.5, 0.6) is 0 Å². The number of aromatic amines is 1. The van der Waals surface area contributed by atoms with Gasteiger partial charge < -0.3 is 16.5 Å². The van der Waals surface area contributed by atoms with Gasteiger partial charge in [-0.05, 0) is 71.8 Å². The number of aliphatic imine (C=N–C) groups is 2. The topological polar surface area (TPSA) is 118 Å². The van der Waals surface area contributed by atoms with Gasteiger partial charge in [0.05, 0.1) is 11.4 Å². The van der Waals surface area contributed by atoms with Crippen LogP contribution in [0.1, 0.15) is 11.4 Å². The maximum Gasteiger partial charge on any atom is 0.150 e. The minimum Gasteiger partial charge on any atom is -0.382 e. The number of rotatable bonds is 6. The monoisotopic (exact) mass is 457 g/mol. The third-order valence-electron chi connectivity index (χ3n) is 5.40. The first-order valence-corrected chi connectivity index (χ1v) is 11.1. The summed E-state index contributed by atoms with van der Waals surface area (Å²) in [6.45, 7) is 0. The van der Waals surface area contributed by atoms with Gasteiger partial charge in [0.2, 0.25) is 0 Å². The van der Waals surface area contributed by atoms with E-state index >= 15 is 0 Å². The molecule has 3 aromatic heterocycles. The van der Waals surface area contributed by atoms with Crippen molar-refractivity contribution < 1.29 is 0 Å². The molecule has 0 spiro atoms. The van der Waals surface area contributed by atoms with E-state index in [1.807, 2.05) is 84.9 Å². The Hall–Kier alpha value is -5.04.